The summed E-state index contributed by atoms with van der Waals surface area (Å²) in [4.78, 5) is 25.6. The van der Waals surface area contributed by atoms with E-state index in [0.29, 0.717) is 0 Å². The summed E-state index contributed by atoms with van der Waals surface area (Å²) in [5, 5.41) is 0. The smallest absolute Gasteiger partial charge is 0.354 e. The van der Waals surface area contributed by atoms with Crippen LogP contribution in [0.5, 0.6) is 5.88 Å². The largest absolute Gasteiger partial charge is 0.479 e. The maximum atomic E-state index is 13.3. The van der Waals surface area contributed by atoms with Crippen molar-refractivity contribution in [3.63, 3.8) is 0 Å². The lowest BCUT2D eigenvalue weighted by atomic mass is 10.5. The van der Waals surface area contributed by atoms with E-state index in [2.05, 4.69) is 9.72 Å². The van der Waals surface area contributed by atoms with Crippen LogP contribution in [0.15, 0.2) is 23.1 Å². The van der Waals surface area contributed by atoms with Gasteiger partial charge < -0.3 is 9.47 Å². The van der Waals surface area contributed by atoms with E-state index in [0.717, 1.165) is 16.8 Å². The van der Waals surface area contributed by atoms with Gasteiger partial charge in [-0.2, -0.15) is 9.37 Å². The summed E-state index contributed by atoms with van der Waals surface area (Å²) in [6.45, 7) is 0. The molecule has 84 valence electrons. The van der Waals surface area contributed by atoms with Gasteiger partial charge in [0.2, 0.25) is 12.0 Å². The first-order valence-electron chi connectivity index (χ1n) is 4.33. The number of carbonyl (C=O) groups is 1. The highest BCUT2D eigenvalue weighted by Gasteiger charge is 2.21. The Morgan fingerprint density at radius 3 is 2.88 bits per heavy atom. The van der Waals surface area contributed by atoms with Crippen LogP contribution in [-0.2, 0) is 9.53 Å². The Balaban J connectivity index is 2.43. The zero-order valence-corrected chi connectivity index (χ0v) is 8.21. The molecule has 0 saturated heterocycles. The van der Waals surface area contributed by atoms with E-state index in [9.17, 15) is 14.0 Å². The highest BCUT2D eigenvalue weighted by atomic mass is 19.1. The van der Waals surface area contributed by atoms with Gasteiger partial charge in [0.15, 0.2) is 0 Å². The second kappa shape index (κ2) is 3.76. The van der Waals surface area contributed by atoms with Crippen LogP contribution in [0, 0.1) is 5.82 Å². The number of cyclic esters (lactones) is 1. The Hall–Kier alpha value is -2.18. The van der Waals surface area contributed by atoms with E-state index in [4.69, 9.17) is 4.74 Å². The van der Waals surface area contributed by atoms with Gasteiger partial charge in [-0.1, -0.05) is 0 Å². The molecule has 0 bridgehead atoms. The molecule has 6 nitrogen and oxygen atoms in total. The number of carbonyl (C=O) groups excluding carboxylic acids is 1. The average Bonchev–Trinajstić information content (AvgIpc) is 2.67. The molecular formula is C9H7FN2O4. The fraction of sp³-hybridized carbons (Fsp3) is 0.222. The molecule has 1 aliphatic rings. The molecule has 0 aromatic carbocycles. The lowest BCUT2D eigenvalue weighted by Gasteiger charge is -2.11. The van der Waals surface area contributed by atoms with Crippen LogP contribution in [-0.4, -0.2) is 22.6 Å². The van der Waals surface area contributed by atoms with Crippen LogP contribution in [0.2, 0.25) is 0 Å². The summed E-state index contributed by atoms with van der Waals surface area (Å²) in [5.74, 6) is -1.79. The van der Waals surface area contributed by atoms with Crippen molar-refractivity contribution < 1.29 is 18.7 Å². The van der Waals surface area contributed by atoms with E-state index < -0.39 is 29.6 Å². The van der Waals surface area contributed by atoms with E-state index in [-0.39, 0.29) is 0 Å². The predicted octanol–water partition coefficient (Wildman–Crippen LogP) is 0.00260. The van der Waals surface area contributed by atoms with Crippen LogP contribution in [0.4, 0.5) is 4.39 Å². The topological polar surface area (TPSA) is 70.4 Å². The zero-order valence-electron chi connectivity index (χ0n) is 8.21. The van der Waals surface area contributed by atoms with Gasteiger partial charge in [0.05, 0.1) is 13.3 Å². The number of hydrogen-bond acceptors (Lipinski definition) is 5. The van der Waals surface area contributed by atoms with Crippen LogP contribution >= 0.6 is 0 Å². The minimum atomic E-state index is -0.951. The molecule has 1 aromatic heterocycles. The van der Waals surface area contributed by atoms with Gasteiger partial charge in [0.1, 0.15) is 0 Å². The molecule has 0 N–H and O–H groups in total. The molecule has 2 heterocycles. The van der Waals surface area contributed by atoms with Gasteiger partial charge in [-0.05, 0) is 6.08 Å². The molecule has 0 amide bonds. The second-order valence-corrected chi connectivity index (χ2v) is 2.97. The predicted molar refractivity (Wildman–Crippen MR) is 49.3 cm³/mol. The SMILES string of the molecule is COc1nc(=O)n([C@@H]2C=CC(=O)O2)cc1F. The lowest BCUT2D eigenvalue weighted by molar-refractivity contribution is -0.141. The van der Waals surface area contributed by atoms with Gasteiger partial charge >= 0.3 is 11.7 Å². The number of esters is 1. The van der Waals surface area contributed by atoms with Crippen molar-refractivity contribution in [1.29, 1.82) is 0 Å². The van der Waals surface area contributed by atoms with Gasteiger partial charge in [0, 0.05) is 6.08 Å². The standard InChI is InChI=1S/C9H7FN2O4/c1-15-8-5(10)4-12(9(14)11-8)6-2-3-7(13)16-6/h2-4,6H,1H3/t6-/m0/s1. The molecule has 1 aliphatic heterocycles. The third kappa shape index (κ3) is 1.67. The molecule has 2 rings (SSSR count). The Morgan fingerprint density at radius 2 is 2.31 bits per heavy atom. The first-order chi connectivity index (χ1) is 7.61. The molecule has 1 atom stereocenters. The second-order valence-electron chi connectivity index (χ2n) is 2.97. The molecule has 0 aliphatic carbocycles. The minimum Gasteiger partial charge on any atom is -0.479 e. The van der Waals surface area contributed by atoms with Crippen molar-refractivity contribution in [3.05, 3.63) is 34.7 Å². The van der Waals surface area contributed by atoms with Crippen molar-refractivity contribution >= 4 is 5.97 Å². The number of hydrogen-bond donors (Lipinski definition) is 0. The van der Waals surface area contributed by atoms with Crippen molar-refractivity contribution in [2.24, 2.45) is 0 Å². The fourth-order valence-electron chi connectivity index (χ4n) is 1.26. The van der Waals surface area contributed by atoms with Crippen molar-refractivity contribution in [1.82, 2.24) is 9.55 Å². The van der Waals surface area contributed by atoms with E-state index in [1.807, 2.05) is 0 Å². The summed E-state index contributed by atoms with van der Waals surface area (Å²) in [6, 6.07) is 0. The quantitative estimate of drug-likeness (QED) is 0.664. The number of methoxy groups -OCH3 is 1. The Morgan fingerprint density at radius 1 is 1.56 bits per heavy atom. The van der Waals surface area contributed by atoms with Crippen LogP contribution in [0.1, 0.15) is 6.23 Å². The Bertz CT molecular complexity index is 523. The molecule has 0 unspecified atom stereocenters. The number of ether oxygens (including phenoxy) is 2. The van der Waals surface area contributed by atoms with Crippen molar-refractivity contribution in [3.8, 4) is 5.88 Å². The lowest BCUT2D eigenvalue weighted by Crippen LogP contribution is -2.27. The fourth-order valence-corrected chi connectivity index (χ4v) is 1.26. The van der Waals surface area contributed by atoms with Gasteiger partial charge in [0.25, 0.3) is 5.88 Å². The number of nitrogens with zero attached hydrogens (tertiary/aromatic N) is 2. The molecule has 0 radical (unpaired) electrons. The third-order valence-electron chi connectivity index (χ3n) is 1.98. The van der Waals surface area contributed by atoms with Crippen molar-refractivity contribution in [2.75, 3.05) is 7.11 Å². The van der Waals surface area contributed by atoms with Crippen molar-refractivity contribution in [2.45, 2.75) is 6.23 Å². The van der Waals surface area contributed by atoms with E-state index >= 15 is 0 Å². The summed E-state index contributed by atoms with van der Waals surface area (Å²) >= 11 is 0. The molecule has 0 spiro atoms. The third-order valence-corrected chi connectivity index (χ3v) is 1.98. The monoisotopic (exact) mass is 226 g/mol. The Labute approximate surface area is 88.9 Å². The van der Waals surface area contributed by atoms with E-state index in [1.54, 1.807) is 0 Å². The van der Waals surface area contributed by atoms with Gasteiger partial charge in [-0.15, -0.1) is 0 Å². The first-order valence-corrected chi connectivity index (χ1v) is 4.33. The number of rotatable bonds is 2. The molecule has 7 heteroatoms. The molecular weight excluding hydrogens is 219 g/mol. The Kier molecular flexibility index (Phi) is 2.43. The normalized spacial score (nSPS) is 18.6. The maximum Gasteiger partial charge on any atom is 0.354 e. The number of aromatic nitrogens is 2. The summed E-state index contributed by atoms with van der Waals surface area (Å²) < 4.78 is 23.4. The molecule has 0 saturated carbocycles. The highest BCUT2D eigenvalue weighted by molar-refractivity contribution is 5.84. The zero-order chi connectivity index (χ0) is 11.7. The minimum absolute atomic E-state index is 0.394. The number of halogens is 1. The summed E-state index contributed by atoms with van der Waals surface area (Å²) in [5.41, 5.74) is -0.761. The maximum absolute atomic E-state index is 13.3. The molecule has 1 aromatic rings. The summed E-state index contributed by atoms with van der Waals surface area (Å²) in [6.07, 6.45) is 2.41. The molecule has 16 heavy (non-hydrogen) atoms. The first kappa shape index (κ1) is 10.3. The van der Waals surface area contributed by atoms with Gasteiger partial charge in [-0.25, -0.2) is 9.59 Å². The summed E-state index contributed by atoms with van der Waals surface area (Å²) in [7, 11) is 1.20. The average molecular weight is 226 g/mol. The van der Waals surface area contributed by atoms with Crippen LogP contribution < -0.4 is 10.4 Å². The van der Waals surface area contributed by atoms with E-state index in [1.165, 1.54) is 13.2 Å². The van der Waals surface area contributed by atoms with Crippen LogP contribution in [0.3, 0.4) is 0 Å². The highest BCUT2D eigenvalue weighted by Crippen LogP contribution is 2.17. The molecule has 0 fully saturated rings. The van der Waals surface area contributed by atoms with Gasteiger partial charge in [-0.3, -0.25) is 4.57 Å². The van der Waals surface area contributed by atoms with Crippen LogP contribution in [0.25, 0.3) is 0 Å².